The van der Waals surface area contributed by atoms with Crippen LogP contribution in [0.1, 0.15) is 6.42 Å². The van der Waals surface area contributed by atoms with Crippen LogP contribution >= 0.6 is 24.6 Å². The van der Waals surface area contributed by atoms with Crippen LogP contribution in [-0.4, -0.2) is 24.0 Å². The number of carbonyl (C=O) groups excluding carboxylic acids is 1. The summed E-state index contributed by atoms with van der Waals surface area (Å²) in [5.74, 6) is 1.96. The summed E-state index contributed by atoms with van der Waals surface area (Å²) in [5, 5.41) is 9.60. The van der Waals surface area contributed by atoms with Crippen LogP contribution in [0, 0.1) is 0 Å². The highest BCUT2D eigenvalue weighted by molar-refractivity contribution is 7.99. The van der Waals surface area contributed by atoms with E-state index in [1.54, 1.807) is 11.8 Å². The van der Waals surface area contributed by atoms with Gasteiger partial charge in [0.2, 0.25) is 5.91 Å². The molecule has 1 aliphatic rings. The fourth-order valence-corrected chi connectivity index (χ4v) is 2.53. The monoisotopic (exact) mass is 308 g/mol. The minimum Gasteiger partial charge on any atom is -0.355 e. The second-order valence-electron chi connectivity index (χ2n) is 4.10. The molecule has 2 aromatic carbocycles. The fourth-order valence-electron chi connectivity index (χ4n) is 1.75. The molecule has 0 radical (unpaired) electrons. The molecule has 0 aromatic heterocycles. The Morgan fingerprint density at radius 2 is 1.50 bits per heavy atom. The fraction of sp³-hybridized carbons (Fsp3) is 0.267. The Hall–Kier alpha value is -1.17. The Labute approximate surface area is 129 Å². The Morgan fingerprint density at radius 3 is 2.00 bits per heavy atom. The van der Waals surface area contributed by atoms with E-state index >= 15 is 0 Å². The molecule has 1 saturated heterocycles. The van der Waals surface area contributed by atoms with Crippen molar-refractivity contribution in [1.82, 2.24) is 5.32 Å². The normalized spacial score (nSPS) is 14.0. The van der Waals surface area contributed by atoms with Crippen LogP contribution in [0.4, 0.5) is 0 Å². The Kier molecular flexibility index (Phi) is 8.95. The number of hydrogen-bond donors (Lipinski definition) is 3. The van der Waals surface area contributed by atoms with E-state index in [9.17, 15) is 4.79 Å². The topological polar surface area (TPSA) is 55.1 Å². The summed E-state index contributed by atoms with van der Waals surface area (Å²) in [4.78, 5) is 10.6. The Balaban J connectivity index is 0.000000182. The average Bonchev–Trinajstić information content (AvgIpc) is 2.78. The molecule has 0 aliphatic carbocycles. The van der Waals surface area contributed by atoms with Gasteiger partial charge in [0.25, 0.3) is 0 Å². The second kappa shape index (κ2) is 10.6. The number of thiol groups is 1. The summed E-state index contributed by atoms with van der Waals surface area (Å²) in [7, 11) is 0. The van der Waals surface area contributed by atoms with Crippen LogP contribution in [0.5, 0.6) is 0 Å². The average molecular weight is 308 g/mol. The number of nitrogens with two attached hydrogens (primary N) is 1. The molecule has 20 heavy (non-hydrogen) atoms. The van der Waals surface area contributed by atoms with Crippen molar-refractivity contribution < 1.29 is 4.79 Å². The smallest absolute Gasteiger partial charge is 0.229 e. The van der Waals surface area contributed by atoms with Crippen molar-refractivity contribution in [3.05, 3.63) is 48.5 Å². The summed E-state index contributed by atoms with van der Waals surface area (Å²) >= 11 is 4.74. The molecule has 5 heteroatoms. The van der Waals surface area contributed by atoms with Crippen molar-refractivity contribution in [3.8, 4) is 0 Å². The molecule has 0 bridgehead atoms. The van der Waals surface area contributed by atoms with E-state index in [4.69, 9.17) is 0 Å². The van der Waals surface area contributed by atoms with Gasteiger partial charge in [-0.3, -0.25) is 9.93 Å². The van der Waals surface area contributed by atoms with E-state index in [0.717, 1.165) is 18.7 Å². The third-order valence-corrected chi connectivity index (χ3v) is 3.72. The van der Waals surface area contributed by atoms with Crippen LogP contribution in [0.3, 0.4) is 0 Å². The highest BCUT2D eigenvalue weighted by Crippen LogP contribution is 2.11. The van der Waals surface area contributed by atoms with Gasteiger partial charge in [-0.25, -0.2) is 0 Å². The third kappa shape index (κ3) is 6.32. The molecule has 3 N–H and O–H groups in total. The van der Waals surface area contributed by atoms with E-state index in [0.29, 0.717) is 5.75 Å². The lowest BCUT2D eigenvalue weighted by Crippen LogP contribution is -2.23. The Morgan fingerprint density at radius 1 is 1.00 bits per heavy atom. The predicted molar refractivity (Wildman–Crippen MR) is 92.1 cm³/mol. The van der Waals surface area contributed by atoms with Crippen molar-refractivity contribution in [2.45, 2.75) is 6.42 Å². The molecule has 108 valence electrons. The lowest BCUT2D eigenvalue weighted by Gasteiger charge is -1.93. The number of rotatable bonds is 0. The summed E-state index contributed by atoms with van der Waals surface area (Å²) in [6.45, 7) is 0.867. The molecule has 3 rings (SSSR count). The zero-order chi connectivity index (χ0) is 14.6. The summed E-state index contributed by atoms with van der Waals surface area (Å²) in [6, 6.07) is 16.7. The van der Waals surface area contributed by atoms with Crippen molar-refractivity contribution in [2.24, 2.45) is 5.14 Å². The zero-order valence-electron chi connectivity index (χ0n) is 11.3. The van der Waals surface area contributed by atoms with Gasteiger partial charge in [0.05, 0.1) is 5.75 Å². The minimum absolute atomic E-state index is 0.188. The summed E-state index contributed by atoms with van der Waals surface area (Å²) in [5.41, 5.74) is 0. The van der Waals surface area contributed by atoms with Crippen molar-refractivity contribution >= 4 is 41.3 Å². The van der Waals surface area contributed by atoms with E-state index in [1.165, 1.54) is 10.8 Å². The minimum atomic E-state index is 0.188. The lowest BCUT2D eigenvalue weighted by molar-refractivity contribution is -0.118. The van der Waals surface area contributed by atoms with E-state index in [-0.39, 0.29) is 5.91 Å². The van der Waals surface area contributed by atoms with Crippen molar-refractivity contribution in [3.63, 3.8) is 0 Å². The lowest BCUT2D eigenvalue weighted by atomic mass is 10.1. The van der Waals surface area contributed by atoms with Crippen molar-refractivity contribution in [2.75, 3.05) is 18.1 Å². The summed E-state index contributed by atoms with van der Waals surface area (Å²) < 4.78 is 0. The molecule has 0 saturated carbocycles. The van der Waals surface area contributed by atoms with E-state index < -0.39 is 0 Å². The zero-order valence-corrected chi connectivity index (χ0v) is 13.0. The number of nitrogens with one attached hydrogen (secondary N) is 1. The molecular formula is C15H20N2OS2. The predicted octanol–water partition coefficient (Wildman–Crippen LogP) is 2.87. The number of amides is 1. The largest absolute Gasteiger partial charge is 0.355 e. The molecule has 0 spiro atoms. The molecular weight excluding hydrogens is 288 g/mol. The van der Waals surface area contributed by atoms with Gasteiger partial charge in [-0.05, 0) is 22.9 Å². The molecule has 1 amide bonds. The van der Waals surface area contributed by atoms with Crippen LogP contribution < -0.4 is 10.5 Å². The van der Waals surface area contributed by atoms with Gasteiger partial charge in [-0.1, -0.05) is 48.5 Å². The maximum absolute atomic E-state index is 10.6. The van der Waals surface area contributed by atoms with Crippen LogP contribution in [-0.2, 0) is 4.79 Å². The summed E-state index contributed by atoms with van der Waals surface area (Å²) in [6.07, 6.45) is 1.12. The first-order valence-corrected chi connectivity index (χ1v) is 8.07. The number of carbonyl (C=O) groups is 1. The van der Waals surface area contributed by atoms with Gasteiger partial charge in [-0.15, -0.1) is 12.8 Å². The quantitative estimate of drug-likeness (QED) is 0.656. The number of fused-ring (bicyclic) bond motifs is 1. The first-order valence-electron chi connectivity index (χ1n) is 6.40. The first kappa shape index (κ1) is 16.9. The molecule has 0 atom stereocenters. The maximum atomic E-state index is 10.6. The van der Waals surface area contributed by atoms with E-state index in [2.05, 4.69) is 71.8 Å². The number of thioether (sulfide) groups is 1. The first-order chi connectivity index (χ1) is 9.86. The van der Waals surface area contributed by atoms with Gasteiger partial charge in [-0.2, -0.15) is 11.8 Å². The highest BCUT2D eigenvalue weighted by atomic mass is 32.2. The molecule has 1 fully saturated rings. The van der Waals surface area contributed by atoms with Crippen LogP contribution in [0.2, 0.25) is 0 Å². The third-order valence-electron chi connectivity index (χ3n) is 2.68. The molecule has 3 nitrogen and oxygen atoms in total. The van der Waals surface area contributed by atoms with Crippen LogP contribution in [0.15, 0.2) is 48.5 Å². The van der Waals surface area contributed by atoms with Crippen LogP contribution in [0.25, 0.3) is 10.8 Å². The number of hydrogen-bond acceptors (Lipinski definition) is 4. The molecule has 1 aliphatic heterocycles. The van der Waals surface area contributed by atoms with Gasteiger partial charge < -0.3 is 5.32 Å². The number of benzene rings is 2. The van der Waals surface area contributed by atoms with Gasteiger partial charge in [0, 0.05) is 6.54 Å². The van der Waals surface area contributed by atoms with Gasteiger partial charge in [0.15, 0.2) is 0 Å². The highest BCUT2D eigenvalue weighted by Gasteiger charge is 2.03. The standard InChI is InChI=1S/C10H8.C5H9NOS.H3NS/c1-2-6-10-8-4-3-7-9(10)5-1;7-5-4-8-3-1-2-6-5;1-2/h1-8H;1-4H2,(H,6,7);2H,1H2. The van der Waals surface area contributed by atoms with E-state index in [1.807, 2.05) is 0 Å². The molecule has 2 aromatic rings. The van der Waals surface area contributed by atoms with Gasteiger partial charge >= 0.3 is 0 Å². The maximum Gasteiger partial charge on any atom is 0.229 e. The molecule has 1 heterocycles. The van der Waals surface area contributed by atoms with Crippen molar-refractivity contribution in [1.29, 1.82) is 0 Å². The second-order valence-corrected chi connectivity index (χ2v) is 5.21. The SMILES string of the molecule is NS.O=C1CSCCCN1.c1ccc2ccccc2c1. The molecule has 0 unspecified atom stereocenters. The van der Waals surface area contributed by atoms with Gasteiger partial charge in [0.1, 0.15) is 0 Å². The Bertz CT molecular complexity index is 444.